The molecule has 1 amide bonds. The number of hydrogen-bond donors (Lipinski definition) is 1. The molecule has 31 heavy (non-hydrogen) atoms. The van der Waals surface area contributed by atoms with Crippen molar-refractivity contribution in [2.24, 2.45) is 0 Å². The van der Waals surface area contributed by atoms with Crippen LogP contribution in [0.4, 0.5) is 17.1 Å². The van der Waals surface area contributed by atoms with Crippen LogP contribution in [0.5, 0.6) is 0 Å². The number of oxazole rings is 1. The fourth-order valence-corrected chi connectivity index (χ4v) is 3.21. The lowest BCUT2D eigenvalue weighted by atomic mass is 10.2. The predicted molar refractivity (Wildman–Crippen MR) is 120 cm³/mol. The number of amides is 1. The number of nitro benzene ring substituents is 1. The second kappa shape index (κ2) is 8.08. The predicted octanol–water partition coefficient (Wildman–Crippen LogP) is 5.37. The van der Waals surface area contributed by atoms with E-state index >= 15 is 0 Å². The maximum absolute atomic E-state index is 12.5. The molecule has 0 saturated heterocycles. The van der Waals surface area contributed by atoms with E-state index in [9.17, 15) is 14.9 Å². The van der Waals surface area contributed by atoms with Gasteiger partial charge in [-0.3, -0.25) is 14.9 Å². The van der Waals surface area contributed by atoms with E-state index in [1.807, 2.05) is 43.3 Å². The van der Waals surface area contributed by atoms with Crippen molar-refractivity contribution in [3.8, 4) is 11.5 Å². The number of hydrogen-bond acceptors (Lipinski definition) is 6. The van der Waals surface area contributed by atoms with Crippen molar-refractivity contribution in [2.75, 3.05) is 24.3 Å². The van der Waals surface area contributed by atoms with E-state index in [2.05, 4.69) is 10.3 Å². The number of rotatable bonds is 5. The van der Waals surface area contributed by atoms with Crippen LogP contribution < -0.4 is 10.2 Å². The third-order valence-corrected chi connectivity index (χ3v) is 5.00. The Bertz CT molecular complexity index is 1300. The number of carbonyl (C=O) groups excluding carboxylic acids is 1. The monoisotopic (exact) mass is 436 g/mol. The Morgan fingerprint density at radius 1 is 1.10 bits per heavy atom. The van der Waals surface area contributed by atoms with Gasteiger partial charge in [0, 0.05) is 42.7 Å². The molecule has 0 saturated carbocycles. The van der Waals surface area contributed by atoms with Gasteiger partial charge in [-0.15, -0.1) is 0 Å². The average Bonchev–Trinajstić information content (AvgIpc) is 3.17. The Morgan fingerprint density at radius 2 is 1.84 bits per heavy atom. The number of halogens is 1. The molecule has 0 bridgehead atoms. The molecule has 0 fully saturated rings. The summed E-state index contributed by atoms with van der Waals surface area (Å²) in [5, 5.41) is 13.7. The molecule has 0 aliphatic rings. The maximum Gasteiger partial charge on any atom is 0.288 e. The van der Waals surface area contributed by atoms with E-state index in [1.54, 1.807) is 18.2 Å². The van der Waals surface area contributed by atoms with Gasteiger partial charge in [-0.2, -0.15) is 0 Å². The zero-order valence-corrected chi connectivity index (χ0v) is 17.4. The van der Waals surface area contributed by atoms with Crippen molar-refractivity contribution in [2.45, 2.75) is 0 Å². The number of nitro groups is 1. The number of carbonyl (C=O) groups is 1. The molecule has 3 aromatic carbocycles. The Morgan fingerprint density at radius 3 is 2.52 bits per heavy atom. The minimum absolute atomic E-state index is 0.0308. The van der Waals surface area contributed by atoms with Crippen molar-refractivity contribution in [3.05, 3.63) is 81.4 Å². The van der Waals surface area contributed by atoms with Gasteiger partial charge in [-0.05, 0) is 54.6 Å². The standard InChI is InChI=1S/C22H17ClN4O4/c1-26(2)16-7-3-13(4-8-16)22-25-18-12-15(6-10-20(18)31-22)24-21(28)14-5-9-17(23)19(11-14)27(29)30/h3-12H,1-2H3,(H,24,28). The molecule has 4 rings (SSSR count). The highest BCUT2D eigenvalue weighted by atomic mass is 35.5. The molecule has 9 heteroatoms. The molecule has 0 unspecified atom stereocenters. The molecule has 0 aliphatic carbocycles. The molecule has 1 aromatic heterocycles. The number of aromatic nitrogens is 1. The number of benzene rings is 3. The molecule has 156 valence electrons. The highest BCUT2D eigenvalue weighted by Gasteiger charge is 2.17. The molecule has 8 nitrogen and oxygen atoms in total. The van der Waals surface area contributed by atoms with Crippen LogP contribution in [0.3, 0.4) is 0 Å². The minimum atomic E-state index is -0.632. The van der Waals surface area contributed by atoms with E-state index < -0.39 is 10.8 Å². The largest absolute Gasteiger partial charge is 0.436 e. The maximum atomic E-state index is 12.5. The number of nitrogens with one attached hydrogen (secondary N) is 1. The number of anilines is 2. The van der Waals surface area contributed by atoms with Gasteiger partial charge in [-0.25, -0.2) is 4.98 Å². The summed E-state index contributed by atoms with van der Waals surface area (Å²) >= 11 is 5.80. The summed E-state index contributed by atoms with van der Waals surface area (Å²) in [6, 6.07) is 16.8. The lowest BCUT2D eigenvalue weighted by Crippen LogP contribution is -2.12. The third-order valence-electron chi connectivity index (χ3n) is 4.68. The van der Waals surface area contributed by atoms with Crippen molar-refractivity contribution in [1.82, 2.24) is 4.98 Å². The van der Waals surface area contributed by atoms with Crippen LogP contribution in [0.2, 0.25) is 5.02 Å². The fraction of sp³-hybridized carbons (Fsp3) is 0.0909. The summed E-state index contributed by atoms with van der Waals surface area (Å²) in [6.07, 6.45) is 0. The van der Waals surface area contributed by atoms with E-state index in [-0.39, 0.29) is 16.3 Å². The average molecular weight is 437 g/mol. The van der Waals surface area contributed by atoms with E-state index in [0.29, 0.717) is 22.7 Å². The van der Waals surface area contributed by atoms with E-state index in [1.165, 1.54) is 12.1 Å². The first kappa shape index (κ1) is 20.4. The number of nitrogens with zero attached hydrogens (tertiary/aromatic N) is 3. The molecule has 0 atom stereocenters. The second-order valence-corrected chi connectivity index (χ2v) is 7.43. The van der Waals surface area contributed by atoms with Crippen LogP contribution in [0.15, 0.2) is 65.1 Å². The smallest absolute Gasteiger partial charge is 0.288 e. The Labute approximate surface area is 182 Å². The van der Waals surface area contributed by atoms with Crippen LogP contribution in [0, 0.1) is 10.1 Å². The van der Waals surface area contributed by atoms with Crippen molar-refractivity contribution < 1.29 is 14.1 Å². The van der Waals surface area contributed by atoms with Gasteiger partial charge in [0.25, 0.3) is 11.6 Å². The van der Waals surface area contributed by atoms with Crippen LogP contribution in [-0.4, -0.2) is 29.9 Å². The molecular formula is C22H17ClN4O4. The van der Waals surface area contributed by atoms with Gasteiger partial charge >= 0.3 is 0 Å². The first-order chi connectivity index (χ1) is 14.8. The normalized spacial score (nSPS) is 10.8. The lowest BCUT2D eigenvalue weighted by molar-refractivity contribution is -0.384. The highest BCUT2D eigenvalue weighted by molar-refractivity contribution is 6.32. The summed E-state index contributed by atoms with van der Waals surface area (Å²) in [5.74, 6) is -0.0285. The lowest BCUT2D eigenvalue weighted by Gasteiger charge is -2.11. The summed E-state index contributed by atoms with van der Waals surface area (Å²) < 4.78 is 5.83. The zero-order chi connectivity index (χ0) is 22.1. The van der Waals surface area contributed by atoms with Crippen molar-refractivity contribution >= 4 is 45.7 Å². The summed E-state index contributed by atoms with van der Waals surface area (Å²) in [7, 11) is 3.93. The minimum Gasteiger partial charge on any atom is -0.436 e. The molecule has 1 N–H and O–H groups in total. The molecule has 4 aromatic rings. The van der Waals surface area contributed by atoms with Crippen molar-refractivity contribution in [3.63, 3.8) is 0 Å². The summed E-state index contributed by atoms with van der Waals surface area (Å²) in [5.41, 5.74) is 3.33. The SMILES string of the molecule is CN(C)c1ccc(-c2nc3cc(NC(=O)c4ccc(Cl)c([N+](=O)[O-])c4)ccc3o2)cc1. The van der Waals surface area contributed by atoms with Crippen LogP contribution >= 0.6 is 11.6 Å². The van der Waals surface area contributed by atoms with Crippen LogP contribution in [0.1, 0.15) is 10.4 Å². The molecule has 0 aliphatic heterocycles. The second-order valence-electron chi connectivity index (χ2n) is 7.02. The Balaban J connectivity index is 1.58. The Kier molecular flexibility index (Phi) is 5.31. The topological polar surface area (TPSA) is 102 Å². The summed E-state index contributed by atoms with van der Waals surface area (Å²) in [4.78, 5) is 29.4. The molecule has 1 heterocycles. The van der Waals surface area contributed by atoms with Crippen LogP contribution in [-0.2, 0) is 0 Å². The van der Waals surface area contributed by atoms with Gasteiger partial charge in [0.05, 0.1) is 4.92 Å². The quantitative estimate of drug-likeness (QED) is 0.333. The first-order valence-electron chi connectivity index (χ1n) is 9.25. The molecule has 0 spiro atoms. The molecule has 0 radical (unpaired) electrons. The third kappa shape index (κ3) is 4.19. The molecular weight excluding hydrogens is 420 g/mol. The van der Waals surface area contributed by atoms with Gasteiger partial charge in [0.15, 0.2) is 5.58 Å². The zero-order valence-electron chi connectivity index (χ0n) is 16.6. The first-order valence-corrected chi connectivity index (χ1v) is 9.63. The van der Waals surface area contributed by atoms with Gasteiger partial charge in [0.1, 0.15) is 10.5 Å². The van der Waals surface area contributed by atoms with E-state index in [0.717, 1.165) is 17.3 Å². The van der Waals surface area contributed by atoms with E-state index in [4.69, 9.17) is 16.0 Å². The number of fused-ring (bicyclic) bond motifs is 1. The summed E-state index contributed by atoms with van der Waals surface area (Å²) in [6.45, 7) is 0. The van der Waals surface area contributed by atoms with Crippen molar-refractivity contribution in [1.29, 1.82) is 0 Å². The highest BCUT2D eigenvalue weighted by Crippen LogP contribution is 2.28. The van der Waals surface area contributed by atoms with Gasteiger partial charge in [-0.1, -0.05) is 11.6 Å². The fourth-order valence-electron chi connectivity index (χ4n) is 3.03. The Hall–Kier alpha value is -3.91. The van der Waals surface area contributed by atoms with Crippen LogP contribution in [0.25, 0.3) is 22.6 Å². The van der Waals surface area contributed by atoms with Gasteiger partial charge in [0.2, 0.25) is 5.89 Å². The van der Waals surface area contributed by atoms with Gasteiger partial charge < -0.3 is 14.6 Å².